The highest BCUT2D eigenvalue weighted by Crippen LogP contribution is 2.51. The number of benzene rings is 2. The number of carboxylic acids is 1. The van der Waals surface area contributed by atoms with Crippen LogP contribution in [0.3, 0.4) is 0 Å². The van der Waals surface area contributed by atoms with Crippen molar-refractivity contribution in [3.8, 4) is 16.9 Å². The van der Waals surface area contributed by atoms with Gasteiger partial charge >= 0.3 is 12.3 Å². The monoisotopic (exact) mass is 520 g/mol. The number of alkyl halides is 5. The Hall–Kier alpha value is -4.02. The van der Waals surface area contributed by atoms with E-state index in [1.54, 1.807) is 6.07 Å². The Morgan fingerprint density at radius 2 is 1.81 bits per heavy atom. The number of hydrogen-bond donors (Lipinski definition) is 2. The summed E-state index contributed by atoms with van der Waals surface area (Å²) >= 11 is 0. The molecule has 2 atom stereocenters. The maximum atomic E-state index is 13.8. The number of aromatic carboxylic acids is 1. The van der Waals surface area contributed by atoms with E-state index in [0.29, 0.717) is 12.0 Å². The van der Waals surface area contributed by atoms with Crippen molar-refractivity contribution in [3.63, 3.8) is 0 Å². The molecule has 37 heavy (non-hydrogen) atoms. The van der Waals surface area contributed by atoms with Crippen molar-refractivity contribution >= 4 is 17.6 Å². The number of ether oxygens (including phenoxy) is 1. The number of rotatable bonds is 8. The smallest absolute Gasteiger partial charge is 0.478 e. The highest BCUT2D eigenvalue weighted by Gasteiger charge is 2.46. The van der Waals surface area contributed by atoms with E-state index < -0.39 is 48.1 Å². The second kappa shape index (κ2) is 9.79. The first-order valence-corrected chi connectivity index (χ1v) is 11.3. The zero-order chi connectivity index (χ0) is 27.0. The van der Waals surface area contributed by atoms with Crippen LogP contribution in [-0.2, 0) is 10.7 Å². The Labute approximate surface area is 208 Å². The lowest BCUT2D eigenvalue weighted by Gasteiger charge is -2.14. The second-order valence-electron chi connectivity index (χ2n) is 8.58. The van der Waals surface area contributed by atoms with Crippen LogP contribution in [0.2, 0.25) is 0 Å². The summed E-state index contributed by atoms with van der Waals surface area (Å²) in [4.78, 5) is 28.4. The Balaban J connectivity index is 1.51. The predicted molar refractivity (Wildman–Crippen MR) is 123 cm³/mol. The molecular formula is C26H21F5N2O4. The third kappa shape index (κ3) is 5.87. The van der Waals surface area contributed by atoms with Gasteiger partial charge in [0.05, 0.1) is 5.56 Å². The van der Waals surface area contributed by atoms with Crippen molar-refractivity contribution in [2.24, 2.45) is 5.92 Å². The van der Waals surface area contributed by atoms with Crippen LogP contribution in [0.1, 0.15) is 47.3 Å². The molecule has 1 aliphatic rings. The number of carbonyl (C=O) groups excluding carboxylic acids is 1. The molecule has 0 bridgehead atoms. The van der Waals surface area contributed by atoms with Gasteiger partial charge in [0.2, 0.25) is 5.91 Å². The van der Waals surface area contributed by atoms with Gasteiger partial charge in [-0.15, -0.1) is 13.2 Å². The fourth-order valence-corrected chi connectivity index (χ4v) is 4.07. The lowest BCUT2D eigenvalue weighted by molar-refractivity contribution is -0.274. The molecule has 4 rings (SSSR count). The minimum absolute atomic E-state index is 0.165. The maximum absolute atomic E-state index is 13.8. The van der Waals surface area contributed by atoms with Crippen molar-refractivity contribution in [3.05, 3.63) is 77.6 Å². The van der Waals surface area contributed by atoms with E-state index in [1.165, 1.54) is 49.4 Å². The summed E-state index contributed by atoms with van der Waals surface area (Å²) < 4.78 is 69.9. The standard InChI is InChI=1S/C26H21F5N2O4/c1-2-25(27,28)22-10-7-14(13-32-22)16-9-8-15(11-20(16)24(35)36)33-23(34)19-12-18(19)17-5-3-4-6-21(17)37-26(29,30)31/h3-11,13,18-19H,2,12H2,1H3,(H,33,34)(H,35,36)/t18-,19+/m0/s1. The quantitative estimate of drug-likeness (QED) is 0.327. The van der Waals surface area contributed by atoms with E-state index in [0.717, 1.165) is 12.3 Å². The molecule has 0 unspecified atom stereocenters. The SMILES string of the molecule is CCC(F)(F)c1ccc(-c2ccc(NC(=O)[C@@H]3C[C@H]3c3ccccc3OC(F)(F)F)cc2C(=O)O)cn1. The molecule has 194 valence electrons. The van der Waals surface area contributed by atoms with Crippen LogP contribution in [0.15, 0.2) is 60.8 Å². The van der Waals surface area contributed by atoms with Crippen LogP contribution in [0.4, 0.5) is 27.6 Å². The average Bonchev–Trinajstić information content (AvgIpc) is 3.64. The molecule has 1 heterocycles. The number of pyridine rings is 1. The molecule has 1 fully saturated rings. The Kier molecular flexibility index (Phi) is 6.90. The fraction of sp³-hybridized carbons (Fsp3) is 0.269. The van der Waals surface area contributed by atoms with Crippen molar-refractivity contribution in [1.29, 1.82) is 0 Å². The molecule has 2 N–H and O–H groups in total. The number of anilines is 1. The van der Waals surface area contributed by atoms with Crippen LogP contribution in [0.5, 0.6) is 5.75 Å². The molecule has 0 aliphatic heterocycles. The zero-order valence-corrected chi connectivity index (χ0v) is 19.4. The van der Waals surface area contributed by atoms with Gasteiger partial charge in [-0.3, -0.25) is 9.78 Å². The number of hydrogen-bond acceptors (Lipinski definition) is 4. The lowest BCUT2D eigenvalue weighted by atomic mass is 9.99. The molecule has 2 aromatic carbocycles. The first-order valence-electron chi connectivity index (χ1n) is 11.3. The van der Waals surface area contributed by atoms with Crippen molar-refractivity contribution in [2.45, 2.75) is 38.0 Å². The normalized spacial score (nSPS) is 17.2. The highest BCUT2D eigenvalue weighted by atomic mass is 19.4. The van der Waals surface area contributed by atoms with Crippen LogP contribution in [0.25, 0.3) is 11.1 Å². The molecule has 1 aliphatic carbocycles. The summed E-state index contributed by atoms with van der Waals surface area (Å²) in [6, 6.07) is 12.2. The fourth-order valence-electron chi connectivity index (χ4n) is 4.07. The molecule has 0 radical (unpaired) electrons. The van der Waals surface area contributed by atoms with E-state index in [4.69, 9.17) is 0 Å². The van der Waals surface area contributed by atoms with Crippen molar-refractivity contribution < 1.29 is 41.4 Å². The van der Waals surface area contributed by atoms with Crippen molar-refractivity contribution in [1.82, 2.24) is 4.98 Å². The molecular weight excluding hydrogens is 499 g/mol. The molecule has 6 nitrogen and oxygen atoms in total. The topological polar surface area (TPSA) is 88.5 Å². The Bertz CT molecular complexity index is 1330. The summed E-state index contributed by atoms with van der Waals surface area (Å²) in [6.07, 6.45) is -3.84. The molecule has 1 saturated carbocycles. The second-order valence-corrected chi connectivity index (χ2v) is 8.58. The van der Waals surface area contributed by atoms with Gasteiger partial charge in [0.1, 0.15) is 11.4 Å². The number of aromatic nitrogens is 1. The van der Waals surface area contributed by atoms with Gasteiger partial charge in [-0.1, -0.05) is 37.3 Å². The first kappa shape index (κ1) is 26.1. The van der Waals surface area contributed by atoms with E-state index in [1.807, 2.05) is 0 Å². The number of carboxylic acid groups (broad SMARTS) is 1. The number of nitrogens with one attached hydrogen (secondary N) is 1. The number of halogens is 5. The summed E-state index contributed by atoms with van der Waals surface area (Å²) in [7, 11) is 0. The van der Waals surface area contributed by atoms with E-state index in [9.17, 15) is 36.6 Å². The van der Waals surface area contributed by atoms with Crippen molar-refractivity contribution in [2.75, 3.05) is 5.32 Å². The van der Waals surface area contributed by atoms with Gasteiger partial charge in [0.25, 0.3) is 5.92 Å². The minimum atomic E-state index is -4.87. The Morgan fingerprint density at radius 3 is 2.43 bits per heavy atom. The van der Waals surface area contributed by atoms with Gasteiger partial charge in [-0.2, -0.15) is 8.78 Å². The zero-order valence-electron chi connectivity index (χ0n) is 19.4. The third-order valence-corrected chi connectivity index (χ3v) is 6.08. The summed E-state index contributed by atoms with van der Waals surface area (Å²) in [5.74, 6) is -6.38. The van der Waals surface area contributed by atoms with Crippen LogP contribution >= 0.6 is 0 Å². The van der Waals surface area contributed by atoms with Crippen LogP contribution in [0, 0.1) is 5.92 Å². The van der Waals surface area contributed by atoms with Gasteiger partial charge < -0.3 is 15.2 Å². The van der Waals surface area contributed by atoms with E-state index in [-0.39, 0.29) is 28.1 Å². The average molecular weight is 520 g/mol. The first-order chi connectivity index (χ1) is 17.4. The minimum Gasteiger partial charge on any atom is -0.478 e. The predicted octanol–water partition coefficient (Wildman–Crippen LogP) is 6.59. The summed E-state index contributed by atoms with van der Waals surface area (Å²) in [5.41, 5.74) is 0.317. The summed E-state index contributed by atoms with van der Waals surface area (Å²) in [5, 5.41) is 12.3. The number of para-hydroxylation sites is 1. The molecule has 0 spiro atoms. The molecule has 0 saturated heterocycles. The van der Waals surface area contributed by atoms with Crippen LogP contribution in [-0.4, -0.2) is 28.3 Å². The summed E-state index contributed by atoms with van der Waals surface area (Å²) in [6.45, 7) is 1.32. The lowest BCUT2D eigenvalue weighted by Crippen LogP contribution is -2.18. The molecule has 1 amide bonds. The third-order valence-electron chi connectivity index (χ3n) is 6.08. The van der Waals surface area contributed by atoms with E-state index in [2.05, 4.69) is 15.0 Å². The number of carbonyl (C=O) groups is 2. The van der Waals surface area contributed by atoms with Gasteiger partial charge in [0.15, 0.2) is 0 Å². The molecule has 3 aromatic rings. The number of nitrogens with zero attached hydrogens (tertiary/aromatic N) is 1. The maximum Gasteiger partial charge on any atom is 0.573 e. The van der Waals surface area contributed by atoms with Gasteiger partial charge in [-0.05, 0) is 47.7 Å². The molecule has 11 heteroatoms. The Morgan fingerprint density at radius 1 is 1.08 bits per heavy atom. The van der Waals surface area contributed by atoms with Gasteiger partial charge in [0, 0.05) is 29.8 Å². The van der Waals surface area contributed by atoms with Crippen LogP contribution < -0.4 is 10.1 Å². The number of amides is 1. The molecule has 1 aromatic heterocycles. The van der Waals surface area contributed by atoms with E-state index >= 15 is 0 Å². The largest absolute Gasteiger partial charge is 0.573 e. The van der Waals surface area contributed by atoms with Gasteiger partial charge in [-0.25, -0.2) is 4.79 Å². The highest BCUT2D eigenvalue weighted by molar-refractivity contribution is 6.00.